The van der Waals surface area contributed by atoms with Crippen molar-refractivity contribution >= 4 is 23.2 Å². The first kappa shape index (κ1) is 19.4. The Morgan fingerprint density at radius 2 is 1.93 bits per heavy atom. The van der Waals surface area contributed by atoms with Crippen LogP contribution in [0.1, 0.15) is 16.8 Å². The first-order chi connectivity index (χ1) is 14.2. The molecular formula is C23H24ClN3O2. The van der Waals surface area contributed by atoms with Crippen molar-refractivity contribution < 1.29 is 9.53 Å². The van der Waals surface area contributed by atoms with E-state index >= 15 is 0 Å². The molecule has 6 heteroatoms. The number of ether oxygens (including phenoxy) is 1. The molecule has 1 aliphatic rings. The largest absolute Gasteiger partial charge is 0.496 e. The Morgan fingerprint density at radius 3 is 2.66 bits per heavy atom. The highest BCUT2D eigenvalue weighted by molar-refractivity contribution is 6.33. The topological polar surface area (TPSA) is 46.5 Å². The van der Waals surface area contributed by atoms with E-state index in [4.69, 9.17) is 16.3 Å². The second kappa shape index (κ2) is 8.62. The van der Waals surface area contributed by atoms with Crippen molar-refractivity contribution in [2.45, 2.75) is 6.42 Å². The fourth-order valence-electron chi connectivity index (χ4n) is 3.79. The van der Waals surface area contributed by atoms with Crippen molar-refractivity contribution in [1.29, 1.82) is 0 Å². The second-order valence-electron chi connectivity index (χ2n) is 7.24. The van der Waals surface area contributed by atoms with E-state index in [2.05, 4.69) is 34.5 Å². The van der Waals surface area contributed by atoms with Crippen LogP contribution in [0.4, 0.5) is 5.69 Å². The highest BCUT2D eigenvalue weighted by Gasteiger charge is 2.24. The van der Waals surface area contributed by atoms with Gasteiger partial charge >= 0.3 is 0 Å². The average Bonchev–Trinajstić information content (AvgIpc) is 3.45. The van der Waals surface area contributed by atoms with Crippen LogP contribution in [0.3, 0.4) is 0 Å². The number of para-hydroxylation sites is 1. The van der Waals surface area contributed by atoms with E-state index < -0.39 is 0 Å². The minimum atomic E-state index is -0.166. The molecule has 1 saturated heterocycles. The Balaban J connectivity index is 1.42. The van der Waals surface area contributed by atoms with Gasteiger partial charge in [0.1, 0.15) is 5.75 Å². The van der Waals surface area contributed by atoms with Gasteiger partial charge in [-0.15, -0.1) is 0 Å². The zero-order valence-corrected chi connectivity index (χ0v) is 17.1. The number of aromatic nitrogens is 1. The Hall–Kier alpha value is -2.92. The summed E-state index contributed by atoms with van der Waals surface area (Å²) in [5.41, 5.74) is 2.46. The molecule has 1 aliphatic heterocycles. The van der Waals surface area contributed by atoms with Crippen LogP contribution in [-0.2, 0) is 0 Å². The number of nitrogens with zero attached hydrogens (tertiary/aromatic N) is 2. The van der Waals surface area contributed by atoms with Gasteiger partial charge in [0.15, 0.2) is 0 Å². The first-order valence-electron chi connectivity index (χ1n) is 9.75. The molecule has 0 radical (unpaired) electrons. The number of hydrogen-bond donors (Lipinski definition) is 1. The van der Waals surface area contributed by atoms with Gasteiger partial charge in [0, 0.05) is 43.8 Å². The third-order valence-corrected chi connectivity index (χ3v) is 5.66. The molecule has 5 nitrogen and oxygen atoms in total. The second-order valence-corrected chi connectivity index (χ2v) is 7.65. The quantitative estimate of drug-likeness (QED) is 0.656. The molecule has 0 bridgehead atoms. The molecular weight excluding hydrogens is 386 g/mol. The number of carbonyl (C=O) groups excluding carboxylic acids is 1. The molecule has 0 saturated carbocycles. The van der Waals surface area contributed by atoms with E-state index in [1.807, 2.05) is 35.2 Å². The lowest BCUT2D eigenvalue weighted by molar-refractivity contribution is 0.0945. The van der Waals surface area contributed by atoms with Crippen molar-refractivity contribution in [3.8, 4) is 11.4 Å². The molecule has 0 spiro atoms. The lowest BCUT2D eigenvalue weighted by Crippen LogP contribution is -2.31. The highest BCUT2D eigenvalue weighted by atomic mass is 35.5. The van der Waals surface area contributed by atoms with Crippen LogP contribution in [-0.4, -0.2) is 37.2 Å². The lowest BCUT2D eigenvalue weighted by Gasteiger charge is -2.19. The Bertz CT molecular complexity index is 973. The SMILES string of the molecule is COc1cc(-n2cccc2)c(Cl)cc1C(=O)NCC1CCN(c2ccccc2)C1. The third-order valence-electron chi connectivity index (χ3n) is 5.35. The van der Waals surface area contributed by atoms with E-state index in [1.165, 1.54) is 5.69 Å². The fraction of sp³-hybridized carbons (Fsp3) is 0.261. The molecule has 1 unspecified atom stereocenters. The molecule has 2 aromatic carbocycles. The molecule has 3 aromatic rings. The van der Waals surface area contributed by atoms with Gasteiger partial charge in [-0.05, 0) is 42.7 Å². The first-order valence-corrected chi connectivity index (χ1v) is 10.1. The number of amides is 1. The Labute approximate surface area is 175 Å². The van der Waals surface area contributed by atoms with Crippen LogP contribution < -0.4 is 15.0 Å². The summed E-state index contributed by atoms with van der Waals surface area (Å²) in [5.74, 6) is 0.758. The summed E-state index contributed by atoms with van der Waals surface area (Å²) in [6, 6.07) is 17.7. The number of nitrogens with one attached hydrogen (secondary N) is 1. The fourth-order valence-corrected chi connectivity index (χ4v) is 4.05. The zero-order chi connectivity index (χ0) is 20.2. The van der Waals surface area contributed by atoms with E-state index in [0.717, 1.165) is 25.2 Å². The van der Waals surface area contributed by atoms with Gasteiger partial charge in [-0.1, -0.05) is 29.8 Å². The van der Waals surface area contributed by atoms with E-state index in [1.54, 1.807) is 19.2 Å². The maximum atomic E-state index is 12.8. The van der Waals surface area contributed by atoms with Gasteiger partial charge in [-0.3, -0.25) is 4.79 Å². The van der Waals surface area contributed by atoms with E-state index in [9.17, 15) is 4.79 Å². The maximum absolute atomic E-state index is 12.8. The molecule has 1 aromatic heterocycles. The van der Waals surface area contributed by atoms with Crippen molar-refractivity contribution in [3.63, 3.8) is 0 Å². The number of anilines is 1. The molecule has 1 atom stereocenters. The number of hydrogen-bond acceptors (Lipinski definition) is 3. The number of rotatable bonds is 6. The van der Waals surface area contributed by atoms with Crippen molar-refractivity contribution in [2.24, 2.45) is 5.92 Å². The highest BCUT2D eigenvalue weighted by Crippen LogP contribution is 2.30. The van der Waals surface area contributed by atoms with Gasteiger partial charge in [-0.25, -0.2) is 0 Å². The number of methoxy groups -OCH3 is 1. The van der Waals surface area contributed by atoms with Crippen LogP contribution in [0.15, 0.2) is 67.0 Å². The molecule has 150 valence electrons. The van der Waals surface area contributed by atoms with Crippen molar-refractivity contribution in [2.75, 3.05) is 31.6 Å². The van der Waals surface area contributed by atoms with Crippen LogP contribution in [0.5, 0.6) is 5.75 Å². The summed E-state index contributed by atoms with van der Waals surface area (Å²) in [7, 11) is 1.56. The molecule has 1 amide bonds. The van der Waals surface area contributed by atoms with Gasteiger partial charge in [0.05, 0.1) is 23.4 Å². The van der Waals surface area contributed by atoms with Crippen molar-refractivity contribution in [1.82, 2.24) is 9.88 Å². The summed E-state index contributed by atoms with van der Waals surface area (Å²) in [5, 5.41) is 3.56. The summed E-state index contributed by atoms with van der Waals surface area (Å²) < 4.78 is 7.36. The predicted octanol–water partition coefficient (Wildman–Crippen LogP) is 4.40. The number of benzene rings is 2. The van der Waals surface area contributed by atoms with Gasteiger partial charge < -0.3 is 19.5 Å². The average molecular weight is 410 g/mol. The number of carbonyl (C=O) groups is 1. The van der Waals surface area contributed by atoms with Gasteiger partial charge in [0.25, 0.3) is 5.91 Å². The maximum Gasteiger partial charge on any atom is 0.255 e. The standard InChI is InChI=1S/C23H24ClN3O2/c1-29-22-14-21(26-10-5-6-11-26)20(24)13-19(22)23(28)25-15-17-9-12-27(16-17)18-7-3-2-4-8-18/h2-8,10-11,13-14,17H,9,12,15-16H2,1H3,(H,25,28). The van der Waals surface area contributed by atoms with E-state index in [-0.39, 0.29) is 5.91 Å². The summed E-state index contributed by atoms with van der Waals surface area (Å²) in [6.45, 7) is 2.57. The molecule has 2 heterocycles. The molecule has 29 heavy (non-hydrogen) atoms. The van der Waals surface area contributed by atoms with Gasteiger partial charge in [-0.2, -0.15) is 0 Å². The third kappa shape index (κ3) is 4.25. The van der Waals surface area contributed by atoms with Crippen LogP contribution in [0.2, 0.25) is 5.02 Å². The van der Waals surface area contributed by atoms with Crippen LogP contribution >= 0.6 is 11.6 Å². The monoisotopic (exact) mass is 409 g/mol. The zero-order valence-electron chi connectivity index (χ0n) is 16.3. The van der Waals surface area contributed by atoms with Gasteiger partial charge in [0.2, 0.25) is 0 Å². The normalized spacial score (nSPS) is 16.1. The molecule has 1 fully saturated rings. The van der Waals surface area contributed by atoms with Crippen LogP contribution in [0.25, 0.3) is 5.69 Å². The summed E-state index contributed by atoms with van der Waals surface area (Å²) in [6.07, 6.45) is 4.86. The molecule has 4 rings (SSSR count). The molecule has 1 N–H and O–H groups in total. The predicted molar refractivity (Wildman–Crippen MR) is 116 cm³/mol. The summed E-state index contributed by atoms with van der Waals surface area (Å²) >= 11 is 6.45. The lowest BCUT2D eigenvalue weighted by atomic mass is 10.1. The number of halogens is 1. The van der Waals surface area contributed by atoms with Crippen LogP contribution in [0, 0.1) is 5.92 Å². The minimum Gasteiger partial charge on any atom is -0.496 e. The Kier molecular flexibility index (Phi) is 5.76. The minimum absolute atomic E-state index is 0.166. The summed E-state index contributed by atoms with van der Waals surface area (Å²) in [4.78, 5) is 15.2. The van der Waals surface area contributed by atoms with Crippen molar-refractivity contribution in [3.05, 3.63) is 77.6 Å². The Morgan fingerprint density at radius 1 is 1.17 bits per heavy atom. The molecule has 0 aliphatic carbocycles. The van der Waals surface area contributed by atoms with E-state index in [0.29, 0.717) is 28.8 Å². The smallest absolute Gasteiger partial charge is 0.255 e.